The molecule has 1 unspecified atom stereocenters. The molecule has 1 atom stereocenters. The van der Waals surface area contributed by atoms with E-state index in [9.17, 15) is 9.59 Å². The Bertz CT molecular complexity index is 548. The van der Waals surface area contributed by atoms with Crippen LogP contribution in [-0.4, -0.2) is 43.9 Å². The second-order valence-electron chi connectivity index (χ2n) is 5.75. The van der Waals surface area contributed by atoms with E-state index in [1.54, 1.807) is 4.90 Å². The maximum atomic E-state index is 12.1. The summed E-state index contributed by atoms with van der Waals surface area (Å²) < 4.78 is 0.991. The van der Waals surface area contributed by atoms with Gasteiger partial charge in [-0.1, -0.05) is 22.0 Å². The normalized spacial score (nSPS) is 18.3. The van der Waals surface area contributed by atoms with Crippen molar-refractivity contribution < 1.29 is 9.59 Å². The van der Waals surface area contributed by atoms with Crippen molar-refractivity contribution in [3.05, 3.63) is 28.2 Å². The molecule has 5 nitrogen and oxygen atoms in total. The molecule has 1 aliphatic heterocycles. The van der Waals surface area contributed by atoms with Crippen LogP contribution in [-0.2, 0) is 16.1 Å². The first-order valence-electron chi connectivity index (χ1n) is 7.47. The molecule has 0 radical (unpaired) electrons. The number of benzene rings is 1. The Hall–Kier alpha value is -1.56. The van der Waals surface area contributed by atoms with Gasteiger partial charge >= 0.3 is 0 Å². The van der Waals surface area contributed by atoms with Gasteiger partial charge in [0.15, 0.2) is 0 Å². The summed E-state index contributed by atoms with van der Waals surface area (Å²) in [5.41, 5.74) is 2.06. The van der Waals surface area contributed by atoms with E-state index >= 15 is 0 Å². The highest BCUT2D eigenvalue weighted by Gasteiger charge is 2.27. The summed E-state index contributed by atoms with van der Waals surface area (Å²) in [6, 6.07) is 5.59. The molecule has 0 spiro atoms. The Morgan fingerprint density at radius 1 is 1.36 bits per heavy atom. The Morgan fingerprint density at radius 2 is 2.14 bits per heavy atom. The van der Waals surface area contributed by atoms with Crippen molar-refractivity contribution in [2.45, 2.75) is 31.8 Å². The molecule has 1 fully saturated rings. The zero-order chi connectivity index (χ0) is 16.1. The fourth-order valence-electron chi connectivity index (χ4n) is 2.74. The van der Waals surface area contributed by atoms with Gasteiger partial charge in [0.1, 0.15) is 6.04 Å². The minimum absolute atomic E-state index is 0.0480. The summed E-state index contributed by atoms with van der Waals surface area (Å²) in [5, 5.41) is 2.88. The van der Waals surface area contributed by atoms with Gasteiger partial charge < -0.3 is 15.1 Å². The highest BCUT2D eigenvalue weighted by molar-refractivity contribution is 9.10. The highest BCUT2D eigenvalue weighted by Crippen LogP contribution is 2.26. The smallest absolute Gasteiger partial charge is 0.242 e. The lowest BCUT2D eigenvalue weighted by Crippen LogP contribution is -2.45. The molecule has 1 aromatic rings. The van der Waals surface area contributed by atoms with Crippen LogP contribution in [0.3, 0.4) is 0 Å². The van der Waals surface area contributed by atoms with Gasteiger partial charge in [-0.15, -0.1) is 0 Å². The molecule has 0 saturated carbocycles. The highest BCUT2D eigenvalue weighted by atomic mass is 79.9. The van der Waals surface area contributed by atoms with Gasteiger partial charge in [-0.3, -0.25) is 9.59 Å². The number of carbonyl (C=O) groups is 2. The molecule has 0 bridgehead atoms. The molecule has 6 heteroatoms. The first kappa shape index (κ1) is 16.8. The van der Waals surface area contributed by atoms with E-state index in [4.69, 9.17) is 0 Å². The van der Waals surface area contributed by atoms with Gasteiger partial charge in [0, 0.05) is 37.3 Å². The van der Waals surface area contributed by atoms with Crippen molar-refractivity contribution in [2.75, 3.05) is 25.5 Å². The van der Waals surface area contributed by atoms with Crippen LogP contribution in [0.4, 0.5) is 5.69 Å². The summed E-state index contributed by atoms with van der Waals surface area (Å²) in [6.45, 7) is 1.13. The second kappa shape index (κ2) is 7.63. The number of amides is 2. The Morgan fingerprint density at radius 3 is 2.82 bits per heavy atom. The van der Waals surface area contributed by atoms with Crippen molar-refractivity contribution in [1.29, 1.82) is 0 Å². The van der Waals surface area contributed by atoms with Gasteiger partial charge in [0.25, 0.3) is 0 Å². The largest absolute Gasteiger partial charge is 0.377 e. The van der Waals surface area contributed by atoms with E-state index < -0.39 is 0 Å². The van der Waals surface area contributed by atoms with Gasteiger partial charge in [-0.2, -0.15) is 0 Å². The van der Waals surface area contributed by atoms with Crippen LogP contribution in [0.25, 0.3) is 0 Å². The average molecular weight is 368 g/mol. The number of rotatable bonds is 5. The predicted octanol–water partition coefficient (Wildman–Crippen LogP) is 2.14. The van der Waals surface area contributed by atoms with Gasteiger partial charge in [0.2, 0.25) is 12.3 Å². The molecule has 1 aromatic carbocycles. The van der Waals surface area contributed by atoms with Gasteiger partial charge in [0.05, 0.1) is 0 Å². The maximum absolute atomic E-state index is 12.1. The number of halogens is 1. The average Bonchev–Trinajstić information content (AvgIpc) is 2.70. The minimum atomic E-state index is -0.376. The lowest BCUT2D eigenvalue weighted by Gasteiger charge is -2.28. The fraction of sp³-hybridized carbons (Fsp3) is 0.500. The molecule has 1 heterocycles. The third-order valence-corrected chi connectivity index (χ3v) is 4.42. The molecule has 22 heavy (non-hydrogen) atoms. The molecule has 2 amide bonds. The van der Waals surface area contributed by atoms with Crippen LogP contribution in [0.5, 0.6) is 0 Å². The van der Waals surface area contributed by atoms with Gasteiger partial charge in [-0.05, 0) is 37.0 Å². The fourth-order valence-corrected chi connectivity index (χ4v) is 3.09. The number of hydrogen-bond acceptors (Lipinski definition) is 3. The first-order valence-corrected chi connectivity index (χ1v) is 8.26. The lowest BCUT2D eigenvalue weighted by molar-refractivity contribution is -0.133. The number of nitrogens with one attached hydrogen (secondary N) is 1. The second-order valence-corrected chi connectivity index (χ2v) is 6.66. The Balaban J connectivity index is 2.23. The summed E-state index contributed by atoms with van der Waals surface area (Å²) >= 11 is 3.47. The van der Waals surface area contributed by atoms with Gasteiger partial charge in [-0.25, -0.2) is 0 Å². The van der Waals surface area contributed by atoms with Crippen molar-refractivity contribution >= 4 is 33.9 Å². The number of carbonyl (C=O) groups excluding carboxylic acids is 2. The third kappa shape index (κ3) is 4.00. The zero-order valence-corrected chi connectivity index (χ0v) is 14.6. The first-order chi connectivity index (χ1) is 10.5. The molecule has 1 N–H and O–H groups in total. The SMILES string of the molecule is CN(C)c1cc(Br)ccc1CN(C=O)C1CCCCNC1=O. The summed E-state index contributed by atoms with van der Waals surface area (Å²) in [4.78, 5) is 27.3. The monoisotopic (exact) mass is 367 g/mol. The van der Waals surface area contributed by atoms with Crippen molar-refractivity contribution in [3.8, 4) is 0 Å². The van der Waals surface area contributed by atoms with Crippen LogP contribution < -0.4 is 10.2 Å². The van der Waals surface area contributed by atoms with Crippen LogP contribution in [0, 0.1) is 0 Å². The van der Waals surface area contributed by atoms with E-state index in [2.05, 4.69) is 21.2 Å². The maximum Gasteiger partial charge on any atom is 0.242 e. The molecule has 0 aliphatic carbocycles. The third-order valence-electron chi connectivity index (χ3n) is 3.92. The van der Waals surface area contributed by atoms with E-state index in [0.29, 0.717) is 13.1 Å². The summed E-state index contributed by atoms with van der Waals surface area (Å²) in [6.07, 6.45) is 3.43. The van der Waals surface area contributed by atoms with Crippen LogP contribution in [0.15, 0.2) is 22.7 Å². The Kier molecular flexibility index (Phi) is 5.83. The van der Waals surface area contributed by atoms with Crippen molar-refractivity contribution in [3.63, 3.8) is 0 Å². The summed E-state index contributed by atoms with van der Waals surface area (Å²) in [7, 11) is 3.93. The van der Waals surface area contributed by atoms with E-state index in [0.717, 1.165) is 41.4 Å². The van der Waals surface area contributed by atoms with E-state index in [1.165, 1.54) is 0 Å². The van der Waals surface area contributed by atoms with Crippen molar-refractivity contribution in [2.24, 2.45) is 0 Å². The number of anilines is 1. The molecular formula is C16H22BrN3O2. The van der Waals surface area contributed by atoms with E-state index in [-0.39, 0.29) is 11.9 Å². The number of hydrogen-bond donors (Lipinski definition) is 1. The summed E-state index contributed by atoms with van der Waals surface area (Å²) in [5.74, 6) is -0.0480. The number of nitrogens with zero attached hydrogens (tertiary/aromatic N) is 2. The predicted molar refractivity (Wildman–Crippen MR) is 90.7 cm³/mol. The van der Waals surface area contributed by atoms with E-state index in [1.807, 2.05) is 37.2 Å². The Labute approximate surface area is 139 Å². The van der Waals surface area contributed by atoms with Crippen LogP contribution in [0.1, 0.15) is 24.8 Å². The topological polar surface area (TPSA) is 52.6 Å². The molecular weight excluding hydrogens is 346 g/mol. The molecule has 1 saturated heterocycles. The van der Waals surface area contributed by atoms with Crippen LogP contribution >= 0.6 is 15.9 Å². The zero-order valence-electron chi connectivity index (χ0n) is 13.0. The lowest BCUT2D eigenvalue weighted by atomic mass is 10.1. The van der Waals surface area contributed by atoms with Crippen molar-refractivity contribution in [1.82, 2.24) is 10.2 Å². The molecule has 2 rings (SSSR count). The minimum Gasteiger partial charge on any atom is -0.377 e. The quantitative estimate of drug-likeness (QED) is 0.811. The standard InChI is InChI=1S/C16H22BrN3O2/c1-19(2)15-9-13(17)7-6-12(15)10-20(11-21)14-5-3-4-8-18-16(14)22/h6-7,9,11,14H,3-5,8,10H2,1-2H3,(H,18,22). The molecule has 0 aromatic heterocycles. The van der Waals surface area contributed by atoms with Crippen LogP contribution in [0.2, 0.25) is 0 Å². The molecule has 1 aliphatic rings. The molecule has 120 valence electrons.